The molecule has 0 aliphatic heterocycles. The van der Waals surface area contributed by atoms with Gasteiger partial charge in [0.2, 0.25) is 11.8 Å². The number of nitrogens with zero attached hydrogens (tertiary/aromatic N) is 1. The highest BCUT2D eigenvalue weighted by atomic mass is 35.5. The number of carbonyl (C=O) groups is 2. The van der Waals surface area contributed by atoms with E-state index in [0.717, 1.165) is 0 Å². The highest BCUT2D eigenvalue weighted by molar-refractivity contribution is 6.31. The number of carbonyl (C=O) groups excluding carboxylic acids is 2. The average molecular weight is 406 g/mol. The van der Waals surface area contributed by atoms with Crippen molar-refractivity contribution in [1.29, 1.82) is 0 Å². The second-order valence-electron chi connectivity index (χ2n) is 6.21. The Labute approximate surface area is 169 Å². The molecule has 0 spiro atoms. The van der Waals surface area contributed by atoms with Crippen molar-refractivity contribution in [2.24, 2.45) is 0 Å². The molecule has 0 aromatic heterocycles. The molecule has 0 aliphatic carbocycles. The fourth-order valence-electron chi connectivity index (χ4n) is 2.48. The molecule has 1 atom stereocenters. The molecule has 2 amide bonds. The van der Waals surface area contributed by atoms with Gasteiger partial charge in [-0.15, -0.1) is 0 Å². The van der Waals surface area contributed by atoms with Gasteiger partial charge in [-0.05, 0) is 44.3 Å². The van der Waals surface area contributed by atoms with Crippen molar-refractivity contribution in [2.45, 2.75) is 13.0 Å². The van der Waals surface area contributed by atoms with Crippen LogP contribution in [0.1, 0.15) is 6.92 Å². The van der Waals surface area contributed by atoms with Gasteiger partial charge in [-0.2, -0.15) is 0 Å². The van der Waals surface area contributed by atoms with Crippen LogP contribution in [0.2, 0.25) is 5.02 Å². The number of halogens is 1. The van der Waals surface area contributed by atoms with Crippen molar-refractivity contribution in [3.8, 4) is 11.5 Å². The molecule has 0 aliphatic rings. The second-order valence-corrected chi connectivity index (χ2v) is 6.64. The van der Waals surface area contributed by atoms with Gasteiger partial charge in [-0.25, -0.2) is 0 Å². The minimum absolute atomic E-state index is 0.0402. The molecule has 0 saturated heterocycles. The Morgan fingerprint density at radius 2 is 1.86 bits per heavy atom. The topological polar surface area (TPSA) is 79.9 Å². The van der Waals surface area contributed by atoms with Crippen LogP contribution < -0.4 is 20.1 Å². The van der Waals surface area contributed by atoms with Gasteiger partial charge in [0.25, 0.3) is 0 Å². The summed E-state index contributed by atoms with van der Waals surface area (Å²) in [5.41, 5.74) is 1.10. The van der Waals surface area contributed by atoms with Crippen molar-refractivity contribution in [3.63, 3.8) is 0 Å². The third-order valence-corrected chi connectivity index (χ3v) is 4.44. The van der Waals surface area contributed by atoms with Crippen LogP contribution in [-0.2, 0) is 9.59 Å². The SMILES string of the molecule is COc1cccc(NC(=O)CN(C)[C@@H](C)C(=O)Nc2cc(Cl)ccc2OC)c1. The number of rotatable bonds is 8. The lowest BCUT2D eigenvalue weighted by Crippen LogP contribution is -2.43. The molecule has 2 rings (SSSR count). The minimum atomic E-state index is -0.556. The number of nitrogens with one attached hydrogen (secondary N) is 2. The van der Waals surface area contributed by atoms with Crippen molar-refractivity contribution in [1.82, 2.24) is 4.90 Å². The summed E-state index contributed by atoms with van der Waals surface area (Å²) in [6.07, 6.45) is 0. The van der Waals surface area contributed by atoms with Crippen molar-refractivity contribution >= 4 is 34.8 Å². The van der Waals surface area contributed by atoms with E-state index in [1.54, 1.807) is 68.4 Å². The molecule has 150 valence electrons. The number of methoxy groups -OCH3 is 2. The molecule has 7 nitrogen and oxygen atoms in total. The maximum atomic E-state index is 12.6. The van der Waals surface area contributed by atoms with Crippen LogP contribution in [-0.4, -0.2) is 50.6 Å². The molecule has 2 aromatic rings. The first-order valence-corrected chi connectivity index (χ1v) is 9.00. The monoisotopic (exact) mass is 405 g/mol. The highest BCUT2D eigenvalue weighted by Crippen LogP contribution is 2.27. The maximum Gasteiger partial charge on any atom is 0.241 e. The van der Waals surface area contributed by atoms with E-state index >= 15 is 0 Å². The summed E-state index contributed by atoms with van der Waals surface area (Å²) in [6.45, 7) is 1.75. The summed E-state index contributed by atoms with van der Waals surface area (Å²) in [4.78, 5) is 26.5. The first-order chi connectivity index (χ1) is 13.3. The summed E-state index contributed by atoms with van der Waals surface area (Å²) in [5.74, 6) is 0.630. The molecular formula is C20H24ClN3O4. The summed E-state index contributed by atoms with van der Waals surface area (Å²) >= 11 is 5.99. The molecule has 0 heterocycles. The van der Waals surface area contributed by atoms with Gasteiger partial charge in [0.15, 0.2) is 0 Å². The van der Waals surface area contributed by atoms with Gasteiger partial charge >= 0.3 is 0 Å². The van der Waals surface area contributed by atoms with Crippen LogP contribution in [0.4, 0.5) is 11.4 Å². The van der Waals surface area contributed by atoms with Gasteiger partial charge in [-0.1, -0.05) is 17.7 Å². The molecule has 28 heavy (non-hydrogen) atoms. The van der Waals surface area contributed by atoms with Crippen molar-refractivity contribution in [2.75, 3.05) is 38.4 Å². The van der Waals surface area contributed by atoms with Gasteiger partial charge in [0, 0.05) is 16.8 Å². The first kappa shape index (κ1) is 21.5. The maximum absolute atomic E-state index is 12.6. The summed E-state index contributed by atoms with van der Waals surface area (Å²) in [6, 6.07) is 11.5. The Hall–Kier alpha value is -2.77. The summed E-state index contributed by atoms with van der Waals surface area (Å²) in [7, 11) is 4.77. The number of hydrogen-bond donors (Lipinski definition) is 2. The predicted molar refractivity (Wildman–Crippen MR) is 110 cm³/mol. The molecule has 0 saturated carbocycles. The first-order valence-electron chi connectivity index (χ1n) is 8.62. The Morgan fingerprint density at radius 1 is 1.11 bits per heavy atom. The van der Waals surface area contributed by atoms with Gasteiger partial charge in [0.1, 0.15) is 11.5 Å². The number of ether oxygens (including phenoxy) is 2. The highest BCUT2D eigenvalue weighted by Gasteiger charge is 2.21. The second kappa shape index (κ2) is 9.96. The van der Waals surface area contributed by atoms with E-state index in [-0.39, 0.29) is 18.4 Å². The third kappa shape index (κ3) is 5.87. The number of likely N-dealkylation sites (N-methyl/N-ethyl adjacent to an activating group) is 1. The Bertz CT molecular complexity index is 844. The smallest absolute Gasteiger partial charge is 0.241 e. The van der Waals surface area contributed by atoms with Crippen molar-refractivity contribution < 1.29 is 19.1 Å². The number of hydrogen-bond acceptors (Lipinski definition) is 5. The van der Waals surface area contributed by atoms with E-state index in [0.29, 0.717) is 27.9 Å². The Balaban J connectivity index is 1.95. The summed E-state index contributed by atoms with van der Waals surface area (Å²) < 4.78 is 10.4. The fraction of sp³-hybridized carbons (Fsp3) is 0.300. The van der Waals surface area contributed by atoms with Crippen LogP contribution >= 0.6 is 11.6 Å². The molecule has 0 fully saturated rings. The fourth-order valence-corrected chi connectivity index (χ4v) is 2.65. The lowest BCUT2D eigenvalue weighted by Gasteiger charge is -2.23. The average Bonchev–Trinajstić information content (AvgIpc) is 2.67. The Morgan fingerprint density at radius 3 is 2.54 bits per heavy atom. The zero-order valence-electron chi connectivity index (χ0n) is 16.3. The number of amides is 2. The van der Waals surface area contributed by atoms with E-state index in [4.69, 9.17) is 21.1 Å². The van der Waals surface area contributed by atoms with Gasteiger partial charge < -0.3 is 20.1 Å². The largest absolute Gasteiger partial charge is 0.497 e. The van der Waals surface area contributed by atoms with Crippen LogP contribution in [0.5, 0.6) is 11.5 Å². The van der Waals surface area contributed by atoms with Gasteiger partial charge in [-0.3, -0.25) is 14.5 Å². The van der Waals surface area contributed by atoms with Crippen LogP contribution in [0.3, 0.4) is 0 Å². The van der Waals surface area contributed by atoms with E-state index < -0.39 is 6.04 Å². The lowest BCUT2D eigenvalue weighted by atomic mass is 10.2. The normalized spacial score (nSPS) is 11.6. The zero-order valence-corrected chi connectivity index (χ0v) is 17.0. The molecule has 2 aromatic carbocycles. The number of anilines is 2. The van der Waals surface area contributed by atoms with Crippen LogP contribution in [0.25, 0.3) is 0 Å². The molecule has 0 unspecified atom stereocenters. The van der Waals surface area contributed by atoms with Crippen molar-refractivity contribution in [3.05, 3.63) is 47.5 Å². The molecular weight excluding hydrogens is 382 g/mol. The zero-order chi connectivity index (χ0) is 20.7. The van der Waals surface area contributed by atoms with E-state index in [9.17, 15) is 9.59 Å². The van der Waals surface area contributed by atoms with E-state index in [2.05, 4.69) is 10.6 Å². The molecule has 0 radical (unpaired) electrons. The predicted octanol–water partition coefficient (Wildman–Crippen LogP) is 3.25. The third-order valence-electron chi connectivity index (χ3n) is 4.21. The van der Waals surface area contributed by atoms with E-state index in [1.807, 2.05) is 0 Å². The molecule has 2 N–H and O–H groups in total. The minimum Gasteiger partial charge on any atom is -0.497 e. The quantitative estimate of drug-likeness (QED) is 0.704. The van der Waals surface area contributed by atoms with E-state index in [1.165, 1.54) is 7.11 Å². The lowest BCUT2D eigenvalue weighted by molar-refractivity contribution is -0.122. The van der Waals surface area contributed by atoms with Gasteiger partial charge in [0.05, 0.1) is 32.5 Å². The molecule has 0 bridgehead atoms. The number of benzene rings is 2. The molecule has 8 heteroatoms. The van der Waals surface area contributed by atoms with Crippen LogP contribution in [0.15, 0.2) is 42.5 Å². The Kier molecular flexibility index (Phi) is 7.66. The van der Waals surface area contributed by atoms with Crippen LogP contribution in [0, 0.1) is 0 Å². The standard InChI is InChI=1S/C20H24ClN3O4/c1-13(20(26)23-17-10-14(21)8-9-18(17)28-4)24(2)12-19(25)22-15-6-5-7-16(11-15)27-3/h5-11,13H,12H2,1-4H3,(H,22,25)(H,23,26)/t13-/m0/s1. The summed E-state index contributed by atoms with van der Waals surface area (Å²) in [5, 5.41) is 6.05.